The average Bonchev–Trinajstić information content (AvgIpc) is 2.99. The predicted molar refractivity (Wildman–Crippen MR) is 112 cm³/mol. The molecule has 0 aliphatic carbocycles. The summed E-state index contributed by atoms with van der Waals surface area (Å²) in [7, 11) is 0. The first kappa shape index (κ1) is 20.7. The van der Waals surface area contributed by atoms with Crippen LogP contribution in [0, 0.1) is 13.8 Å². The minimum absolute atomic E-state index is 0.0217. The van der Waals surface area contributed by atoms with Gasteiger partial charge in [0.15, 0.2) is 10.6 Å². The molecule has 0 bridgehead atoms. The van der Waals surface area contributed by atoms with E-state index in [0.717, 1.165) is 21.3 Å². The molecule has 0 spiro atoms. The molecule has 6 nitrogen and oxygen atoms in total. The number of hydrogen-bond donors (Lipinski definition) is 0. The van der Waals surface area contributed by atoms with Crippen molar-refractivity contribution >= 4 is 39.2 Å². The second kappa shape index (κ2) is 8.53. The maximum atomic E-state index is 12.7. The van der Waals surface area contributed by atoms with E-state index in [2.05, 4.69) is 11.1 Å². The van der Waals surface area contributed by atoms with Crippen molar-refractivity contribution in [3.63, 3.8) is 0 Å². The fourth-order valence-corrected chi connectivity index (χ4v) is 4.16. The van der Waals surface area contributed by atoms with Gasteiger partial charge in [0.1, 0.15) is 6.54 Å². The van der Waals surface area contributed by atoms with Gasteiger partial charge in [0.2, 0.25) is 0 Å². The molecule has 0 N–H and O–H groups in total. The summed E-state index contributed by atoms with van der Waals surface area (Å²) < 4.78 is 7.78. The quantitative estimate of drug-likeness (QED) is 0.473. The Balaban J connectivity index is 2.11. The number of thiazole rings is 1. The van der Waals surface area contributed by atoms with Crippen LogP contribution in [0.3, 0.4) is 0 Å². The minimum atomic E-state index is -0.432. The lowest BCUT2D eigenvalue weighted by molar-refractivity contribution is -0.143. The SMILES string of the molecule is CCOC(=O)Cn1c(=NC(=O)c2ccc(C(C)=O)cc2)sc2c(C)cc(C)cc21. The summed E-state index contributed by atoms with van der Waals surface area (Å²) in [5.74, 6) is -0.881. The average molecular weight is 410 g/mol. The highest BCUT2D eigenvalue weighted by Gasteiger charge is 2.15. The summed E-state index contributed by atoms with van der Waals surface area (Å²) in [6, 6.07) is 10.4. The molecule has 0 radical (unpaired) electrons. The first-order valence-corrected chi connectivity index (χ1v) is 10.1. The van der Waals surface area contributed by atoms with Crippen LogP contribution in [0.5, 0.6) is 0 Å². The molecule has 0 unspecified atom stereocenters. The van der Waals surface area contributed by atoms with E-state index in [0.29, 0.717) is 15.9 Å². The Kier molecular flexibility index (Phi) is 6.08. The highest BCUT2D eigenvalue weighted by molar-refractivity contribution is 7.16. The number of carbonyl (C=O) groups excluding carboxylic acids is 3. The van der Waals surface area contributed by atoms with Crippen molar-refractivity contribution in [2.75, 3.05) is 6.61 Å². The third kappa shape index (κ3) is 4.51. The molecule has 1 heterocycles. The minimum Gasteiger partial charge on any atom is -0.465 e. The second-order valence-electron chi connectivity index (χ2n) is 6.76. The van der Waals surface area contributed by atoms with Crippen molar-refractivity contribution in [1.29, 1.82) is 0 Å². The van der Waals surface area contributed by atoms with Crippen LogP contribution in [0.1, 0.15) is 45.7 Å². The summed E-state index contributed by atoms with van der Waals surface area (Å²) >= 11 is 1.36. The van der Waals surface area contributed by atoms with Crippen LogP contribution in [0.25, 0.3) is 10.2 Å². The lowest BCUT2D eigenvalue weighted by Crippen LogP contribution is -2.23. The Labute approximate surface area is 172 Å². The number of Topliss-reactive ketones (excluding diaryl/α,β-unsaturated/α-hetero) is 1. The van der Waals surface area contributed by atoms with Gasteiger partial charge >= 0.3 is 5.97 Å². The number of ketones is 1. The van der Waals surface area contributed by atoms with Gasteiger partial charge < -0.3 is 9.30 Å². The maximum Gasteiger partial charge on any atom is 0.326 e. The molecule has 3 rings (SSSR count). The number of benzene rings is 2. The van der Waals surface area contributed by atoms with Crippen LogP contribution in [0.2, 0.25) is 0 Å². The number of carbonyl (C=O) groups is 3. The molecule has 0 aliphatic heterocycles. The van der Waals surface area contributed by atoms with E-state index in [-0.39, 0.29) is 24.9 Å². The highest BCUT2D eigenvalue weighted by atomic mass is 32.1. The van der Waals surface area contributed by atoms with E-state index in [1.54, 1.807) is 35.8 Å². The molecule has 1 amide bonds. The molecule has 0 saturated heterocycles. The predicted octanol–water partition coefficient (Wildman–Crippen LogP) is 3.83. The van der Waals surface area contributed by atoms with Crippen LogP contribution in [0.15, 0.2) is 41.4 Å². The Bertz CT molecular complexity index is 1170. The number of esters is 1. The standard InChI is InChI=1S/C22H22N2O4S/c1-5-28-19(26)12-24-18-11-13(2)10-14(3)20(18)29-22(24)23-21(27)17-8-6-16(7-9-17)15(4)25/h6-11H,5,12H2,1-4H3. The first-order valence-electron chi connectivity index (χ1n) is 9.26. The number of aryl methyl sites for hydroxylation is 2. The molecule has 0 saturated carbocycles. The Morgan fingerprint density at radius 3 is 2.34 bits per heavy atom. The number of rotatable bonds is 5. The summed E-state index contributed by atoms with van der Waals surface area (Å²) in [6.45, 7) is 7.46. The van der Waals surface area contributed by atoms with Crippen LogP contribution < -0.4 is 4.80 Å². The molecule has 150 valence electrons. The Hall–Kier alpha value is -3.06. The van der Waals surface area contributed by atoms with Crippen molar-refractivity contribution in [1.82, 2.24) is 4.57 Å². The van der Waals surface area contributed by atoms with E-state index in [9.17, 15) is 14.4 Å². The number of ether oxygens (including phenoxy) is 1. The molecular formula is C22H22N2O4S. The number of fused-ring (bicyclic) bond motifs is 1. The maximum absolute atomic E-state index is 12.7. The van der Waals surface area contributed by atoms with Crippen LogP contribution in [-0.2, 0) is 16.1 Å². The van der Waals surface area contributed by atoms with Gasteiger partial charge in [0.05, 0.1) is 16.8 Å². The van der Waals surface area contributed by atoms with Gasteiger partial charge in [-0.25, -0.2) is 0 Å². The lowest BCUT2D eigenvalue weighted by atomic mass is 10.1. The van der Waals surface area contributed by atoms with Crippen molar-refractivity contribution < 1.29 is 19.1 Å². The molecule has 7 heteroatoms. The lowest BCUT2D eigenvalue weighted by Gasteiger charge is -2.06. The monoisotopic (exact) mass is 410 g/mol. The number of amides is 1. The van der Waals surface area contributed by atoms with Gasteiger partial charge in [-0.15, -0.1) is 0 Å². The highest BCUT2D eigenvalue weighted by Crippen LogP contribution is 2.23. The van der Waals surface area contributed by atoms with Crippen molar-refractivity contribution in [3.8, 4) is 0 Å². The van der Waals surface area contributed by atoms with E-state index in [1.807, 2.05) is 19.9 Å². The third-order valence-electron chi connectivity index (χ3n) is 4.44. The summed E-state index contributed by atoms with van der Waals surface area (Å²) in [5.41, 5.74) is 3.87. The Morgan fingerprint density at radius 2 is 1.72 bits per heavy atom. The molecule has 29 heavy (non-hydrogen) atoms. The summed E-state index contributed by atoms with van der Waals surface area (Å²) in [5, 5.41) is 0. The molecule has 0 fully saturated rings. The molecule has 2 aromatic carbocycles. The molecule has 0 atom stereocenters. The topological polar surface area (TPSA) is 77.7 Å². The van der Waals surface area contributed by atoms with E-state index in [4.69, 9.17) is 4.74 Å². The Morgan fingerprint density at radius 1 is 1.07 bits per heavy atom. The van der Waals surface area contributed by atoms with E-state index in [1.165, 1.54) is 18.3 Å². The van der Waals surface area contributed by atoms with Crippen LogP contribution in [0.4, 0.5) is 0 Å². The number of aromatic nitrogens is 1. The van der Waals surface area contributed by atoms with Gasteiger partial charge in [-0.2, -0.15) is 4.99 Å². The van der Waals surface area contributed by atoms with Gasteiger partial charge in [0, 0.05) is 11.1 Å². The third-order valence-corrected chi connectivity index (χ3v) is 5.67. The zero-order valence-electron chi connectivity index (χ0n) is 16.8. The smallest absolute Gasteiger partial charge is 0.326 e. The fraction of sp³-hybridized carbons (Fsp3) is 0.273. The zero-order valence-corrected chi connectivity index (χ0v) is 17.6. The van der Waals surface area contributed by atoms with Gasteiger partial charge in [-0.1, -0.05) is 29.5 Å². The molecule has 3 aromatic rings. The summed E-state index contributed by atoms with van der Waals surface area (Å²) in [6.07, 6.45) is 0. The number of hydrogen-bond acceptors (Lipinski definition) is 5. The largest absolute Gasteiger partial charge is 0.465 e. The normalized spacial score (nSPS) is 11.7. The van der Waals surface area contributed by atoms with Gasteiger partial charge in [-0.3, -0.25) is 14.4 Å². The zero-order chi connectivity index (χ0) is 21.1. The summed E-state index contributed by atoms with van der Waals surface area (Å²) in [4.78, 5) is 41.0. The van der Waals surface area contributed by atoms with Gasteiger partial charge in [-0.05, 0) is 57.0 Å². The fourth-order valence-electron chi connectivity index (χ4n) is 3.09. The number of nitrogens with zero attached hydrogens (tertiary/aromatic N) is 2. The molecule has 1 aromatic heterocycles. The van der Waals surface area contributed by atoms with Crippen molar-refractivity contribution in [3.05, 3.63) is 63.5 Å². The second-order valence-corrected chi connectivity index (χ2v) is 7.73. The van der Waals surface area contributed by atoms with Gasteiger partial charge in [0.25, 0.3) is 5.91 Å². The van der Waals surface area contributed by atoms with Crippen molar-refractivity contribution in [2.24, 2.45) is 4.99 Å². The molecule has 0 aliphatic rings. The van der Waals surface area contributed by atoms with E-state index < -0.39 is 5.91 Å². The van der Waals surface area contributed by atoms with E-state index >= 15 is 0 Å². The van der Waals surface area contributed by atoms with Crippen LogP contribution >= 0.6 is 11.3 Å². The van der Waals surface area contributed by atoms with Crippen molar-refractivity contribution in [2.45, 2.75) is 34.2 Å². The van der Waals surface area contributed by atoms with Crippen LogP contribution in [-0.4, -0.2) is 28.8 Å². The molecular weight excluding hydrogens is 388 g/mol. The first-order chi connectivity index (χ1) is 13.8.